The highest BCUT2D eigenvalue weighted by atomic mass is 16.7. The fraction of sp³-hybridized carbons (Fsp3) is 0.500. The van der Waals surface area contributed by atoms with Gasteiger partial charge in [0.1, 0.15) is 0 Å². The second kappa shape index (κ2) is 6.65. The summed E-state index contributed by atoms with van der Waals surface area (Å²) in [6.45, 7) is 5.58. The molecule has 1 aliphatic rings. The second-order valence-electron chi connectivity index (χ2n) is 4.78. The monoisotopic (exact) mass is 264 g/mol. The Labute approximate surface area is 113 Å². The van der Waals surface area contributed by atoms with Gasteiger partial charge in [-0.3, -0.25) is 4.79 Å². The highest BCUT2D eigenvalue weighted by molar-refractivity contribution is 5.92. The zero-order valence-corrected chi connectivity index (χ0v) is 11.3. The van der Waals surface area contributed by atoms with Gasteiger partial charge >= 0.3 is 0 Å². The molecule has 1 saturated heterocycles. The van der Waals surface area contributed by atoms with Crippen molar-refractivity contribution in [1.82, 2.24) is 5.32 Å². The maximum absolute atomic E-state index is 11.6. The van der Waals surface area contributed by atoms with Crippen molar-refractivity contribution in [2.24, 2.45) is 0 Å². The molecule has 0 spiro atoms. The maximum atomic E-state index is 11.6. The summed E-state index contributed by atoms with van der Waals surface area (Å²) in [7, 11) is 0. The van der Waals surface area contributed by atoms with Gasteiger partial charge < -0.3 is 20.1 Å². The van der Waals surface area contributed by atoms with Gasteiger partial charge in [-0.15, -0.1) is 0 Å². The summed E-state index contributed by atoms with van der Waals surface area (Å²) in [6, 6.07) is 7.81. The number of amides is 1. The van der Waals surface area contributed by atoms with Crippen LogP contribution < -0.4 is 10.6 Å². The largest absolute Gasteiger partial charge is 0.346 e. The van der Waals surface area contributed by atoms with E-state index in [9.17, 15) is 4.79 Å². The predicted octanol–water partition coefficient (Wildman–Crippen LogP) is 1.67. The first-order valence-electron chi connectivity index (χ1n) is 6.51. The third-order valence-corrected chi connectivity index (χ3v) is 2.76. The number of ether oxygens (including phenoxy) is 2. The quantitative estimate of drug-likeness (QED) is 0.849. The average Bonchev–Trinajstić information content (AvgIpc) is 2.91. The van der Waals surface area contributed by atoms with E-state index in [1.165, 1.54) is 0 Å². The van der Waals surface area contributed by atoms with E-state index in [1.807, 2.05) is 38.1 Å². The van der Waals surface area contributed by atoms with E-state index in [0.29, 0.717) is 25.8 Å². The lowest BCUT2D eigenvalue weighted by atomic mass is 10.2. The molecule has 5 nitrogen and oxygen atoms in total. The van der Waals surface area contributed by atoms with E-state index in [0.717, 1.165) is 11.3 Å². The zero-order valence-electron chi connectivity index (χ0n) is 11.3. The molecule has 1 amide bonds. The lowest BCUT2D eigenvalue weighted by molar-refractivity contribution is -0.115. The molecule has 0 aromatic heterocycles. The molecule has 1 fully saturated rings. The molecule has 1 aromatic carbocycles. The van der Waals surface area contributed by atoms with Crippen molar-refractivity contribution in [3.8, 4) is 0 Å². The molecule has 1 aliphatic heterocycles. The smallest absolute Gasteiger partial charge is 0.238 e. The Morgan fingerprint density at radius 3 is 2.47 bits per heavy atom. The number of carbonyl (C=O) groups excluding carboxylic acids is 1. The minimum atomic E-state index is -0.271. The molecular formula is C14H20N2O3. The number of hydrogen-bond donors (Lipinski definition) is 2. The number of rotatable bonds is 5. The standard InChI is InChI=1S/C14H20N2O3/c1-10(2)15-9-13(17)16-12-5-3-11(4-6-12)14-18-7-8-19-14/h3-6,10,14-15H,7-9H2,1-2H3,(H,16,17). The molecule has 5 heteroatoms. The predicted molar refractivity (Wildman–Crippen MR) is 72.9 cm³/mol. The topological polar surface area (TPSA) is 59.6 Å². The van der Waals surface area contributed by atoms with Gasteiger partial charge in [-0.2, -0.15) is 0 Å². The van der Waals surface area contributed by atoms with Crippen LogP contribution in [0.25, 0.3) is 0 Å². The van der Waals surface area contributed by atoms with Crippen molar-refractivity contribution < 1.29 is 14.3 Å². The Bertz CT molecular complexity index is 411. The summed E-state index contributed by atoms with van der Waals surface area (Å²) >= 11 is 0. The van der Waals surface area contributed by atoms with Crippen LogP contribution in [0.15, 0.2) is 24.3 Å². The van der Waals surface area contributed by atoms with Crippen LogP contribution in [0.1, 0.15) is 25.7 Å². The number of hydrogen-bond acceptors (Lipinski definition) is 4. The van der Waals surface area contributed by atoms with Crippen molar-refractivity contribution in [1.29, 1.82) is 0 Å². The zero-order chi connectivity index (χ0) is 13.7. The molecule has 1 heterocycles. The number of nitrogens with one attached hydrogen (secondary N) is 2. The van der Waals surface area contributed by atoms with Gasteiger partial charge in [-0.05, 0) is 12.1 Å². The summed E-state index contributed by atoms with van der Waals surface area (Å²) in [5.41, 5.74) is 1.74. The van der Waals surface area contributed by atoms with E-state index in [2.05, 4.69) is 10.6 Å². The maximum Gasteiger partial charge on any atom is 0.238 e. The van der Waals surface area contributed by atoms with Crippen LogP contribution in [0.3, 0.4) is 0 Å². The van der Waals surface area contributed by atoms with Gasteiger partial charge in [0.2, 0.25) is 5.91 Å². The minimum absolute atomic E-state index is 0.0465. The van der Waals surface area contributed by atoms with Gasteiger partial charge in [-0.25, -0.2) is 0 Å². The minimum Gasteiger partial charge on any atom is -0.346 e. The summed E-state index contributed by atoms with van der Waals surface area (Å²) in [4.78, 5) is 11.6. The van der Waals surface area contributed by atoms with Crippen molar-refractivity contribution >= 4 is 11.6 Å². The molecule has 19 heavy (non-hydrogen) atoms. The Hall–Kier alpha value is -1.43. The Morgan fingerprint density at radius 1 is 1.26 bits per heavy atom. The molecule has 2 N–H and O–H groups in total. The highest BCUT2D eigenvalue weighted by Crippen LogP contribution is 2.24. The molecule has 0 bridgehead atoms. The van der Waals surface area contributed by atoms with Gasteiger partial charge in [0.05, 0.1) is 19.8 Å². The summed E-state index contributed by atoms with van der Waals surface area (Å²) in [5, 5.41) is 5.90. The van der Waals surface area contributed by atoms with Crippen LogP contribution >= 0.6 is 0 Å². The Kier molecular flexibility index (Phi) is 4.90. The van der Waals surface area contributed by atoms with Crippen LogP contribution in [-0.4, -0.2) is 31.7 Å². The first-order valence-corrected chi connectivity index (χ1v) is 6.51. The normalized spacial score (nSPS) is 15.9. The van der Waals surface area contributed by atoms with E-state index in [4.69, 9.17) is 9.47 Å². The number of benzene rings is 1. The lowest BCUT2D eigenvalue weighted by Crippen LogP contribution is -2.32. The van der Waals surface area contributed by atoms with Gasteiger partial charge in [-0.1, -0.05) is 26.0 Å². The third kappa shape index (κ3) is 4.31. The fourth-order valence-electron chi connectivity index (χ4n) is 1.78. The van der Waals surface area contributed by atoms with Gasteiger partial charge in [0.15, 0.2) is 6.29 Å². The molecular weight excluding hydrogens is 244 g/mol. The van der Waals surface area contributed by atoms with Crippen LogP contribution in [0.2, 0.25) is 0 Å². The Morgan fingerprint density at radius 2 is 1.89 bits per heavy atom. The molecule has 0 radical (unpaired) electrons. The molecule has 0 atom stereocenters. The first kappa shape index (κ1) is 14.0. The third-order valence-electron chi connectivity index (χ3n) is 2.76. The van der Waals surface area contributed by atoms with E-state index in [-0.39, 0.29) is 12.2 Å². The molecule has 0 unspecified atom stereocenters. The van der Waals surface area contributed by atoms with Crippen molar-refractivity contribution in [2.75, 3.05) is 25.1 Å². The highest BCUT2D eigenvalue weighted by Gasteiger charge is 2.17. The van der Waals surface area contributed by atoms with Gasteiger partial charge in [0, 0.05) is 17.3 Å². The van der Waals surface area contributed by atoms with Crippen LogP contribution in [0.5, 0.6) is 0 Å². The molecule has 0 aliphatic carbocycles. The summed E-state index contributed by atoms with van der Waals surface area (Å²) in [6.07, 6.45) is -0.271. The number of anilines is 1. The van der Waals surface area contributed by atoms with Gasteiger partial charge in [0.25, 0.3) is 0 Å². The second-order valence-corrected chi connectivity index (χ2v) is 4.78. The van der Waals surface area contributed by atoms with Crippen LogP contribution in [0.4, 0.5) is 5.69 Å². The Balaban J connectivity index is 1.86. The molecule has 0 saturated carbocycles. The first-order chi connectivity index (χ1) is 9.15. The van der Waals surface area contributed by atoms with Crippen molar-refractivity contribution in [2.45, 2.75) is 26.2 Å². The molecule has 104 valence electrons. The summed E-state index contributed by atoms with van der Waals surface area (Å²) in [5.74, 6) is -0.0465. The average molecular weight is 264 g/mol. The van der Waals surface area contributed by atoms with E-state index < -0.39 is 0 Å². The van der Waals surface area contributed by atoms with E-state index >= 15 is 0 Å². The fourth-order valence-corrected chi connectivity index (χ4v) is 1.78. The summed E-state index contributed by atoms with van der Waals surface area (Å²) < 4.78 is 10.8. The number of carbonyl (C=O) groups is 1. The van der Waals surface area contributed by atoms with E-state index in [1.54, 1.807) is 0 Å². The van der Waals surface area contributed by atoms with Crippen molar-refractivity contribution in [3.63, 3.8) is 0 Å². The van der Waals surface area contributed by atoms with Crippen molar-refractivity contribution in [3.05, 3.63) is 29.8 Å². The SMILES string of the molecule is CC(C)NCC(=O)Nc1ccc(C2OCCO2)cc1. The molecule has 2 rings (SSSR count). The van der Waals surface area contributed by atoms with Crippen LogP contribution in [-0.2, 0) is 14.3 Å². The lowest BCUT2D eigenvalue weighted by Gasteiger charge is -2.11. The molecule has 1 aromatic rings. The van der Waals surface area contributed by atoms with Crippen LogP contribution in [0, 0.1) is 0 Å².